The van der Waals surface area contributed by atoms with Crippen LogP contribution in [0.3, 0.4) is 0 Å². The van der Waals surface area contributed by atoms with Gasteiger partial charge in [0.05, 0.1) is 5.56 Å². The van der Waals surface area contributed by atoms with Crippen LogP contribution in [0.25, 0.3) is 0 Å². The Balaban J connectivity index is 3.32. The summed E-state index contributed by atoms with van der Waals surface area (Å²) in [6.45, 7) is 0. The van der Waals surface area contributed by atoms with Gasteiger partial charge < -0.3 is 0 Å². The Bertz CT molecular complexity index is 408. The van der Waals surface area contributed by atoms with Crippen molar-refractivity contribution in [2.45, 2.75) is 6.18 Å². The smallest absolute Gasteiger partial charge is 0.284 e. The minimum absolute atomic E-state index is 0.00572. The van der Waals surface area contributed by atoms with E-state index in [-0.39, 0.29) is 12.1 Å². The number of alkyl halides is 3. The van der Waals surface area contributed by atoms with Gasteiger partial charge in [0, 0.05) is 6.07 Å². The molecule has 1 aromatic carbocycles. The predicted molar refractivity (Wildman–Crippen MR) is 36.7 cm³/mol. The van der Waals surface area contributed by atoms with Crippen molar-refractivity contribution in [3.63, 3.8) is 0 Å². The Hall–Kier alpha value is -1.53. The molecule has 0 radical (unpaired) electrons. The molecular weight excluding hydrogens is 226 g/mol. The van der Waals surface area contributed by atoms with Crippen molar-refractivity contribution in [1.29, 1.82) is 0 Å². The summed E-state index contributed by atoms with van der Waals surface area (Å²) in [6, 6.07) is 0.0384. The van der Waals surface area contributed by atoms with Gasteiger partial charge in [0.2, 0.25) is 0 Å². The SMILES string of the molecule is O=C(c1cc(F)cc(F)c1F)C(F)(F)F. The van der Waals surface area contributed by atoms with Gasteiger partial charge >= 0.3 is 6.18 Å². The number of benzene rings is 1. The van der Waals surface area contributed by atoms with Crippen LogP contribution in [0.2, 0.25) is 0 Å². The van der Waals surface area contributed by atoms with Gasteiger partial charge in [-0.3, -0.25) is 4.79 Å². The van der Waals surface area contributed by atoms with Crippen LogP contribution in [0.1, 0.15) is 10.4 Å². The second-order valence-corrected chi connectivity index (χ2v) is 2.58. The summed E-state index contributed by atoms with van der Waals surface area (Å²) in [6.07, 6.45) is -5.37. The summed E-state index contributed by atoms with van der Waals surface area (Å²) in [7, 11) is 0. The van der Waals surface area contributed by atoms with Crippen molar-refractivity contribution >= 4 is 5.78 Å². The van der Waals surface area contributed by atoms with E-state index in [0.29, 0.717) is 0 Å². The van der Waals surface area contributed by atoms with Crippen molar-refractivity contribution in [3.05, 3.63) is 35.1 Å². The van der Waals surface area contributed by atoms with Gasteiger partial charge in [0.25, 0.3) is 5.78 Å². The molecule has 0 heterocycles. The quantitative estimate of drug-likeness (QED) is 0.410. The zero-order valence-corrected chi connectivity index (χ0v) is 6.83. The molecule has 82 valence electrons. The molecule has 15 heavy (non-hydrogen) atoms. The summed E-state index contributed by atoms with van der Waals surface area (Å²) < 4.78 is 73.0. The Kier molecular flexibility index (Phi) is 2.74. The molecule has 7 heteroatoms. The maximum Gasteiger partial charge on any atom is 0.454 e. The minimum Gasteiger partial charge on any atom is -0.284 e. The first kappa shape index (κ1) is 11.5. The molecule has 0 fully saturated rings. The molecule has 0 amide bonds. The van der Waals surface area contributed by atoms with Crippen LogP contribution in [0.15, 0.2) is 12.1 Å². The highest BCUT2D eigenvalue weighted by Gasteiger charge is 2.41. The van der Waals surface area contributed by atoms with Crippen LogP contribution >= 0.6 is 0 Å². The van der Waals surface area contributed by atoms with Crippen LogP contribution in [0.5, 0.6) is 0 Å². The molecule has 0 bridgehead atoms. The minimum atomic E-state index is -5.37. The summed E-state index contributed by atoms with van der Waals surface area (Å²) in [4.78, 5) is 10.5. The van der Waals surface area contributed by atoms with Gasteiger partial charge in [0.1, 0.15) is 5.82 Å². The molecule has 0 aliphatic heterocycles. The monoisotopic (exact) mass is 228 g/mol. The molecule has 0 aromatic heterocycles. The lowest BCUT2D eigenvalue weighted by Gasteiger charge is -2.06. The third kappa shape index (κ3) is 2.28. The molecule has 1 nitrogen and oxygen atoms in total. The maximum absolute atomic E-state index is 12.7. The number of hydrogen-bond donors (Lipinski definition) is 0. The number of Topliss-reactive ketones (excluding diaryl/α,β-unsaturated/α-hetero) is 1. The first-order valence-electron chi connectivity index (χ1n) is 3.49. The van der Waals surface area contributed by atoms with Gasteiger partial charge in [-0.05, 0) is 6.07 Å². The number of carbonyl (C=O) groups is 1. The molecule has 0 aliphatic carbocycles. The molecule has 0 saturated carbocycles. The molecule has 0 aliphatic rings. The van der Waals surface area contributed by atoms with E-state index in [4.69, 9.17) is 0 Å². The lowest BCUT2D eigenvalue weighted by molar-refractivity contribution is -0.0888. The lowest BCUT2D eigenvalue weighted by atomic mass is 10.1. The van der Waals surface area contributed by atoms with Gasteiger partial charge in [-0.25, -0.2) is 13.2 Å². The van der Waals surface area contributed by atoms with Gasteiger partial charge in [-0.2, -0.15) is 13.2 Å². The van der Waals surface area contributed by atoms with Crippen LogP contribution in [0.4, 0.5) is 26.3 Å². The van der Waals surface area contributed by atoms with Crippen molar-refractivity contribution in [2.75, 3.05) is 0 Å². The van der Waals surface area contributed by atoms with Gasteiger partial charge in [0.15, 0.2) is 11.6 Å². The van der Waals surface area contributed by atoms with Crippen molar-refractivity contribution in [3.8, 4) is 0 Å². The number of carbonyl (C=O) groups excluding carboxylic acids is 1. The van der Waals surface area contributed by atoms with Crippen LogP contribution < -0.4 is 0 Å². The Morgan fingerprint density at radius 1 is 1.07 bits per heavy atom. The van der Waals surface area contributed by atoms with Gasteiger partial charge in [-0.15, -0.1) is 0 Å². The Morgan fingerprint density at radius 2 is 1.60 bits per heavy atom. The first-order chi connectivity index (χ1) is 6.73. The fraction of sp³-hybridized carbons (Fsp3) is 0.125. The first-order valence-corrected chi connectivity index (χ1v) is 3.49. The molecule has 0 saturated heterocycles. The maximum atomic E-state index is 12.7. The fourth-order valence-corrected chi connectivity index (χ4v) is 0.874. The van der Waals surface area contributed by atoms with E-state index in [0.717, 1.165) is 0 Å². The highest BCUT2D eigenvalue weighted by molar-refractivity contribution is 6.00. The average Bonchev–Trinajstić information content (AvgIpc) is 2.08. The summed E-state index contributed by atoms with van der Waals surface area (Å²) >= 11 is 0. The second-order valence-electron chi connectivity index (χ2n) is 2.58. The molecule has 1 aromatic rings. The molecule has 0 atom stereocenters. The zero-order valence-electron chi connectivity index (χ0n) is 6.83. The van der Waals surface area contributed by atoms with Crippen LogP contribution in [-0.4, -0.2) is 12.0 Å². The van der Waals surface area contributed by atoms with E-state index in [1.807, 2.05) is 0 Å². The van der Waals surface area contributed by atoms with Crippen molar-refractivity contribution < 1.29 is 31.1 Å². The Morgan fingerprint density at radius 3 is 2.07 bits per heavy atom. The van der Waals surface area contributed by atoms with Crippen LogP contribution in [-0.2, 0) is 0 Å². The molecule has 1 rings (SSSR count). The zero-order chi connectivity index (χ0) is 11.8. The number of ketones is 1. The third-order valence-corrected chi connectivity index (χ3v) is 1.50. The third-order valence-electron chi connectivity index (χ3n) is 1.50. The van der Waals surface area contributed by atoms with Gasteiger partial charge in [-0.1, -0.05) is 0 Å². The van der Waals surface area contributed by atoms with E-state index in [9.17, 15) is 31.1 Å². The predicted octanol–water partition coefficient (Wildman–Crippen LogP) is 2.85. The second kappa shape index (κ2) is 3.56. The molecular formula is C8H2F6O. The summed E-state index contributed by atoms with van der Waals surface area (Å²) in [5, 5.41) is 0. The standard InChI is InChI=1S/C8H2F6O/c9-3-1-4(6(11)5(10)2-3)7(15)8(12,13)14/h1-2H. The van der Waals surface area contributed by atoms with Crippen molar-refractivity contribution in [2.24, 2.45) is 0 Å². The highest BCUT2D eigenvalue weighted by atomic mass is 19.4. The fourth-order valence-electron chi connectivity index (χ4n) is 0.874. The Labute approximate surface area is 79.3 Å². The van der Waals surface area contributed by atoms with E-state index in [1.165, 1.54) is 0 Å². The molecule has 0 unspecified atom stereocenters. The number of rotatable bonds is 1. The van der Waals surface area contributed by atoms with E-state index in [2.05, 4.69) is 0 Å². The van der Waals surface area contributed by atoms with Crippen molar-refractivity contribution in [1.82, 2.24) is 0 Å². The van der Waals surface area contributed by atoms with E-state index >= 15 is 0 Å². The number of hydrogen-bond acceptors (Lipinski definition) is 1. The largest absolute Gasteiger partial charge is 0.454 e. The number of halogens is 6. The normalized spacial score (nSPS) is 11.6. The van der Waals surface area contributed by atoms with E-state index in [1.54, 1.807) is 0 Å². The highest BCUT2D eigenvalue weighted by Crippen LogP contribution is 2.24. The topological polar surface area (TPSA) is 17.1 Å². The average molecular weight is 228 g/mol. The van der Waals surface area contributed by atoms with E-state index < -0.39 is 35.0 Å². The summed E-state index contributed by atoms with van der Waals surface area (Å²) in [5.74, 6) is -7.94. The lowest BCUT2D eigenvalue weighted by Crippen LogP contribution is -2.24. The van der Waals surface area contributed by atoms with Crippen LogP contribution in [0, 0.1) is 17.5 Å². The molecule has 0 N–H and O–H groups in total. The molecule has 0 spiro atoms. The summed E-state index contributed by atoms with van der Waals surface area (Å²) in [5.41, 5.74) is -1.67.